The van der Waals surface area contributed by atoms with Gasteiger partial charge in [0.05, 0.1) is 4.92 Å². The van der Waals surface area contributed by atoms with E-state index in [0.717, 1.165) is 12.1 Å². The Hall–Kier alpha value is -1.08. The Labute approximate surface area is 117 Å². The van der Waals surface area contributed by atoms with Gasteiger partial charge in [0.25, 0.3) is 11.6 Å². The lowest BCUT2D eigenvalue weighted by atomic mass is 10.2. The smallest absolute Gasteiger partial charge is 0.269 e. The second-order valence-electron chi connectivity index (χ2n) is 3.22. The largest absolute Gasteiger partial charge is 0.369 e. The average molecular weight is 314 g/mol. The van der Waals surface area contributed by atoms with Crippen molar-refractivity contribution in [1.29, 1.82) is 0 Å². The molecule has 0 aliphatic carbocycles. The fourth-order valence-corrected chi connectivity index (χ4v) is 1.19. The molecule has 0 aromatic heterocycles. The van der Waals surface area contributed by atoms with Crippen molar-refractivity contribution in [2.45, 2.75) is 10.0 Å². The number of carbonyl (C=O) groups is 1. The van der Waals surface area contributed by atoms with Crippen molar-refractivity contribution in [3.63, 3.8) is 0 Å². The van der Waals surface area contributed by atoms with Crippen molar-refractivity contribution in [3.05, 3.63) is 39.9 Å². The molecule has 1 rings (SSSR count). The van der Waals surface area contributed by atoms with Gasteiger partial charge in [-0.05, 0) is 12.1 Å². The number of nitrogens with one attached hydrogen (secondary N) is 1. The first-order valence-corrected chi connectivity index (χ1v) is 5.65. The highest BCUT2D eigenvalue weighted by Gasteiger charge is 2.32. The van der Waals surface area contributed by atoms with Crippen LogP contribution in [0.5, 0.6) is 0 Å². The molecule has 9 heteroatoms. The summed E-state index contributed by atoms with van der Waals surface area (Å²) < 4.78 is -2.06. The maximum Gasteiger partial charge on any atom is 0.269 e. The number of halogens is 3. The summed E-state index contributed by atoms with van der Waals surface area (Å²) in [4.78, 5) is 21.4. The van der Waals surface area contributed by atoms with Crippen LogP contribution in [-0.4, -0.2) is 26.0 Å². The minimum atomic E-state index is -2.06. The Balaban J connectivity index is 2.76. The Morgan fingerprint density at radius 1 is 1.33 bits per heavy atom. The molecule has 0 saturated heterocycles. The number of hydrogen-bond donors (Lipinski definition) is 2. The number of amides is 1. The highest BCUT2D eigenvalue weighted by atomic mass is 35.6. The summed E-state index contributed by atoms with van der Waals surface area (Å²) in [6.45, 7) is 0. The van der Waals surface area contributed by atoms with Gasteiger partial charge < -0.3 is 10.4 Å². The van der Waals surface area contributed by atoms with E-state index in [-0.39, 0.29) is 11.3 Å². The summed E-state index contributed by atoms with van der Waals surface area (Å²) in [5.74, 6) is -0.719. The van der Waals surface area contributed by atoms with Crippen molar-refractivity contribution in [3.8, 4) is 0 Å². The SMILES string of the molecule is O=C(N[C@H](O)C(Cl)(Cl)Cl)c1ccc([N+](=O)[O-])cc1. The van der Waals surface area contributed by atoms with Crippen LogP contribution in [0.25, 0.3) is 0 Å². The molecule has 18 heavy (non-hydrogen) atoms. The van der Waals surface area contributed by atoms with E-state index in [2.05, 4.69) is 0 Å². The van der Waals surface area contributed by atoms with Crippen LogP contribution < -0.4 is 5.32 Å². The molecular formula is C9H7Cl3N2O4. The van der Waals surface area contributed by atoms with Crippen LogP contribution in [0, 0.1) is 10.1 Å². The van der Waals surface area contributed by atoms with Crippen molar-refractivity contribution in [2.24, 2.45) is 0 Å². The third-order valence-electron chi connectivity index (χ3n) is 1.92. The predicted molar refractivity (Wildman–Crippen MR) is 66.9 cm³/mol. The summed E-state index contributed by atoms with van der Waals surface area (Å²) in [6.07, 6.45) is -1.69. The molecule has 0 spiro atoms. The zero-order valence-corrected chi connectivity index (χ0v) is 10.9. The number of alkyl halides is 3. The van der Waals surface area contributed by atoms with Gasteiger partial charge in [0, 0.05) is 17.7 Å². The summed E-state index contributed by atoms with van der Waals surface area (Å²) in [6, 6.07) is 4.74. The fraction of sp³-hybridized carbons (Fsp3) is 0.222. The summed E-state index contributed by atoms with van der Waals surface area (Å²) in [5, 5.41) is 21.8. The highest BCUT2D eigenvalue weighted by molar-refractivity contribution is 6.68. The van der Waals surface area contributed by atoms with Crippen LogP contribution in [-0.2, 0) is 0 Å². The predicted octanol–water partition coefficient (Wildman–Crippen LogP) is 2.01. The van der Waals surface area contributed by atoms with E-state index >= 15 is 0 Å². The molecule has 0 saturated carbocycles. The van der Waals surface area contributed by atoms with Crippen LogP contribution in [0.15, 0.2) is 24.3 Å². The normalized spacial score (nSPS) is 12.9. The molecule has 6 nitrogen and oxygen atoms in total. The van der Waals surface area contributed by atoms with Crippen LogP contribution in [0.3, 0.4) is 0 Å². The lowest BCUT2D eigenvalue weighted by molar-refractivity contribution is -0.384. The van der Waals surface area contributed by atoms with Crippen LogP contribution in [0.4, 0.5) is 5.69 Å². The molecule has 98 valence electrons. The Bertz CT molecular complexity index is 458. The molecular weight excluding hydrogens is 306 g/mol. The molecule has 2 N–H and O–H groups in total. The average Bonchev–Trinajstić information content (AvgIpc) is 2.27. The quantitative estimate of drug-likeness (QED) is 0.386. The van der Waals surface area contributed by atoms with E-state index in [0.29, 0.717) is 0 Å². The van der Waals surface area contributed by atoms with Crippen molar-refractivity contribution >= 4 is 46.4 Å². The number of benzene rings is 1. The maximum atomic E-state index is 11.6. The first kappa shape index (κ1) is 15.0. The van der Waals surface area contributed by atoms with Gasteiger partial charge in [-0.25, -0.2) is 0 Å². The molecule has 1 atom stereocenters. The first-order chi connectivity index (χ1) is 8.21. The summed E-state index contributed by atoms with van der Waals surface area (Å²) in [5.41, 5.74) is -0.0672. The van der Waals surface area contributed by atoms with Gasteiger partial charge in [-0.15, -0.1) is 0 Å². The van der Waals surface area contributed by atoms with E-state index in [9.17, 15) is 20.0 Å². The van der Waals surface area contributed by atoms with E-state index in [1.165, 1.54) is 12.1 Å². The number of carbonyl (C=O) groups excluding carboxylic acids is 1. The van der Waals surface area contributed by atoms with E-state index < -0.39 is 20.9 Å². The number of non-ortho nitro benzene ring substituents is 1. The third kappa shape index (κ3) is 3.99. The Kier molecular flexibility index (Phi) is 4.75. The minimum Gasteiger partial charge on any atom is -0.369 e. The topological polar surface area (TPSA) is 92.5 Å². The fourth-order valence-electron chi connectivity index (χ4n) is 1.02. The minimum absolute atomic E-state index is 0.0916. The van der Waals surface area contributed by atoms with Crippen LogP contribution in [0.2, 0.25) is 0 Å². The highest BCUT2D eigenvalue weighted by Crippen LogP contribution is 2.29. The number of aliphatic hydroxyl groups is 1. The second-order valence-corrected chi connectivity index (χ2v) is 5.59. The van der Waals surface area contributed by atoms with E-state index in [1.807, 2.05) is 5.32 Å². The lowest BCUT2D eigenvalue weighted by Gasteiger charge is -2.19. The molecule has 1 amide bonds. The number of nitro benzene ring substituents is 1. The van der Waals surface area contributed by atoms with Crippen molar-refractivity contribution < 1.29 is 14.8 Å². The van der Waals surface area contributed by atoms with Gasteiger partial charge in [-0.3, -0.25) is 14.9 Å². The number of nitro groups is 1. The molecule has 0 unspecified atom stereocenters. The molecule has 0 aliphatic heterocycles. The number of hydrogen-bond acceptors (Lipinski definition) is 4. The molecule has 0 bridgehead atoms. The zero-order valence-electron chi connectivity index (χ0n) is 8.64. The summed E-state index contributed by atoms with van der Waals surface area (Å²) >= 11 is 16.1. The zero-order chi connectivity index (χ0) is 13.9. The second kappa shape index (κ2) is 5.71. The molecule has 1 aromatic rings. The van der Waals surface area contributed by atoms with Gasteiger partial charge >= 0.3 is 0 Å². The van der Waals surface area contributed by atoms with Crippen molar-refractivity contribution in [1.82, 2.24) is 5.32 Å². The summed E-state index contributed by atoms with van der Waals surface area (Å²) in [7, 11) is 0. The Morgan fingerprint density at radius 2 is 1.83 bits per heavy atom. The first-order valence-electron chi connectivity index (χ1n) is 4.52. The molecule has 0 fully saturated rings. The van der Waals surface area contributed by atoms with E-state index in [1.54, 1.807) is 0 Å². The van der Waals surface area contributed by atoms with Gasteiger partial charge in [-0.2, -0.15) is 0 Å². The van der Waals surface area contributed by atoms with Crippen molar-refractivity contribution in [2.75, 3.05) is 0 Å². The number of aliphatic hydroxyl groups excluding tert-OH is 1. The van der Waals surface area contributed by atoms with Gasteiger partial charge in [0.1, 0.15) is 0 Å². The van der Waals surface area contributed by atoms with Gasteiger partial charge in [0.2, 0.25) is 3.79 Å². The molecule has 1 aromatic carbocycles. The molecule has 0 aliphatic rings. The van der Waals surface area contributed by atoms with Crippen LogP contribution >= 0.6 is 34.8 Å². The number of nitrogens with zero attached hydrogens (tertiary/aromatic N) is 1. The number of rotatable bonds is 3. The van der Waals surface area contributed by atoms with Crippen LogP contribution in [0.1, 0.15) is 10.4 Å². The lowest BCUT2D eigenvalue weighted by Crippen LogP contribution is -2.43. The Morgan fingerprint density at radius 3 is 2.22 bits per heavy atom. The van der Waals surface area contributed by atoms with Gasteiger partial charge in [-0.1, -0.05) is 34.8 Å². The maximum absolute atomic E-state index is 11.6. The van der Waals surface area contributed by atoms with Gasteiger partial charge in [0.15, 0.2) is 6.23 Å². The standard InChI is InChI=1S/C9H7Cl3N2O4/c10-9(11,12)8(16)13-7(15)5-1-3-6(4-2-5)14(17)18/h1-4,8,16H,(H,13,15)/t8-/m1/s1. The molecule has 0 radical (unpaired) electrons. The monoisotopic (exact) mass is 312 g/mol. The molecule has 0 heterocycles. The third-order valence-corrected chi connectivity index (χ3v) is 2.54. The van der Waals surface area contributed by atoms with E-state index in [4.69, 9.17) is 34.8 Å².